The monoisotopic (exact) mass is 396 g/mol. The number of nitrogens with zero attached hydrogens (tertiary/aromatic N) is 1. The molecule has 0 bridgehead atoms. The Bertz CT molecular complexity index is 1280. The smallest absolute Gasteiger partial charge is 0.253 e. The number of hydrogen-bond acceptors (Lipinski definition) is 4. The van der Waals surface area contributed by atoms with Gasteiger partial charge in [-0.05, 0) is 48.9 Å². The van der Waals surface area contributed by atoms with E-state index in [1.54, 1.807) is 31.2 Å². The zero-order valence-corrected chi connectivity index (χ0v) is 15.5. The molecule has 0 aliphatic carbocycles. The number of halogens is 2. The summed E-state index contributed by atoms with van der Waals surface area (Å²) in [5, 5.41) is 3.69. The van der Waals surface area contributed by atoms with Gasteiger partial charge in [0.2, 0.25) is 11.1 Å². The third-order valence-electron chi connectivity index (χ3n) is 4.43. The van der Waals surface area contributed by atoms with Gasteiger partial charge in [0.25, 0.3) is 5.91 Å². The predicted molar refractivity (Wildman–Crippen MR) is 105 cm³/mol. The maximum absolute atomic E-state index is 13.0. The van der Waals surface area contributed by atoms with Crippen molar-refractivity contribution in [3.63, 3.8) is 0 Å². The summed E-state index contributed by atoms with van der Waals surface area (Å²) >= 11 is 5.97. The lowest BCUT2D eigenvalue weighted by Crippen LogP contribution is -2.24. The first-order chi connectivity index (χ1) is 13.4. The largest absolute Gasteiger partial charge is 0.437 e. The zero-order chi connectivity index (χ0) is 19.8. The summed E-state index contributed by atoms with van der Waals surface area (Å²) in [4.78, 5) is 29.7. The van der Waals surface area contributed by atoms with Crippen LogP contribution < -0.4 is 10.7 Å². The molecule has 0 atom stereocenters. The van der Waals surface area contributed by atoms with Crippen LogP contribution in [0.4, 0.5) is 4.39 Å². The molecule has 5 nitrogen and oxygen atoms in total. The highest BCUT2D eigenvalue weighted by molar-refractivity contribution is 6.31. The highest BCUT2D eigenvalue weighted by atomic mass is 35.5. The standard InChI is InChI=1S/C21H14ClFN2O3/c1-11-15(20(27)24-10-12-2-5-14(23)6-3-12)9-17-19(26)16-8-13(22)4-7-18(16)28-21(17)25-11/h2-9H,10H2,1H3,(H,24,27). The van der Waals surface area contributed by atoms with Crippen molar-refractivity contribution in [3.8, 4) is 0 Å². The van der Waals surface area contributed by atoms with Gasteiger partial charge in [-0.1, -0.05) is 23.7 Å². The zero-order valence-electron chi connectivity index (χ0n) is 14.8. The summed E-state index contributed by atoms with van der Waals surface area (Å²) in [7, 11) is 0. The second-order valence-electron chi connectivity index (χ2n) is 6.35. The van der Waals surface area contributed by atoms with Crippen LogP contribution in [0.15, 0.2) is 57.7 Å². The molecule has 7 heteroatoms. The van der Waals surface area contributed by atoms with Crippen molar-refractivity contribution >= 4 is 39.6 Å². The Hall–Kier alpha value is -3.25. The first-order valence-corrected chi connectivity index (χ1v) is 8.86. The Morgan fingerprint density at radius 1 is 1.14 bits per heavy atom. The van der Waals surface area contributed by atoms with E-state index in [4.69, 9.17) is 16.0 Å². The molecule has 0 unspecified atom stereocenters. The van der Waals surface area contributed by atoms with E-state index in [1.165, 1.54) is 24.3 Å². The highest BCUT2D eigenvalue weighted by Crippen LogP contribution is 2.22. The summed E-state index contributed by atoms with van der Waals surface area (Å²) in [6.45, 7) is 1.89. The van der Waals surface area contributed by atoms with Crippen LogP contribution in [0.3, 0.4) is 0 Å². The molecular formula is C21H14ClFN2O3. The van der Waals surface area contributed by atoms with Crippen LogP contribution in [0.5, 0.6) is 0 Å². The summed E-state index contributed by atoms with van der Waals surface area (Å²) in [5.74, 6) is -0.731. The normalized spacial score (nSPS) is 11.1. The minimum atomic E-state index is -0.387. The average Bonchev–Trinajstić information content (AvgIpc) is 2.68. The quantitative estimate of drug-likeness (QED) is 0.522. The van der Waals surface area contributed by atoms with Gasteiger partial charge in [-0.2, -0.15) is 0 Å². The fourth-order valence-electron chi connectivity index (χ4n) is 2.95. The third kappa shape index (κ3) is 3.34. The van der Waals surface area contributed by atoms with Crippen molar-refractivity contribution in [2.45, 2.75) is 13.5 Å². The van der Waals surface area contributed by atoms with E-state index in [9.17, 15) is 14.0 Å². The first-order valence-electron chi connectivity index (χ1n) is 8.49. The fourth-order valence-corrected chi connectivity index (χ4v) is 3.12. The van der Waals surface area contributed by atoms with Crippen molar-refractivity contribution in [2.75, 3.05) is 0 Å². The second kappa shape index (κ2) is 7.05. The molecule has 4 rings (SSSR count). The molecule has 28 heavy (non-hydrogen) atoms. The molecule has 0 radical (unpaired) electrons. The Balaban J connectivity index is 1.72. The van der Waals surface area contributed by atoms with Crippen molar-refractivity contribution in [1.82, 2.24) is 10.3 Å². The average molecular weight is 397 g/mol. The van der Waals surface area contributed by atoms with Crippen LogP contribution in [-0.4, -0.2) is 10.9 Å². The Morgan fingerprint density at radius 2 is 1.89 bits per heavy atom. The van der Waals surface area contributed by atoms with Crippen LogP contribution in [0.1, 0.15) is 21.6 Å². The van der Waals surface area contributed by atoms with Gasteiger partial charge in [0.1, 0.15) is 11.4 Å². The number of hydrogen-bond donors (Lipinski definition) is 1. The molecule has 140 valence electrons. The third-order valence-corrected chi connectivity index (χ3v) is 4.66. The SMILES string of the molecule is Cc1nc2oc3ccc(Cl)cc3c(=O)c2cc1C(=O)NCc1ccc(F)cc1. The molecular weight excluding hydrogens is 383 g/mol. The Kier molecular flexibility index (Phi) is 4.57. The second-order valence-corrected chi connectivity index (χ2v) is 6.79. The number of carbonyl (C=O) groups excluding carboxylic acids is 1. The number of rotatable bonds is 3. The van der Waals surface area contributed by atoms with E-state index in [2.05, 4.69) is 10.3 Å². The van der Waals surface area contributed by atoms with Gasteiger partial charge in [0.05, 0.1) is 22.0 Å². The molecule has 4 aromatic rings. The van der Waals surface area contributed by atoms with Gasteiger partial charge >= 0.3 is 0 Å². The minimum Gasteiger partial charge on any atom is -0.437 e. The van der Waals surface area contributed by atoms with Crippen LogP contribution in [0, 0.1) is 12.7 Å². The molecule has 2 aromatic heterocycles. The molecule has 0 aliphatic rings. The van der Waals surface area contributed by atoms with Gasteiger partial charge in [-0.25, -0.2) is 9.37 Å². The summed E-state index contributed by atoms with van der Waals surface area (Å²) in [6.07, 6.45) is 0. The molecule has 2 heterocycles. The predicted octanol–water partition coefficient (Wildman–Crippen LogP) is 4.37. The fraction of sp³-hybridized carbons (Fsp3) is 0.0952. The van der Waals surface area contributed by atoms with E-state index in [-0.39, 0.29) is 40.4 Å². The highest BCUT2D eigenvalue weighted by Gasteiger charge is 2.16. The van der Waals surface area contributed by atoms with Crippen molar-refractivity contribution in [3.05, 3.63) is 86.4 Å². The minimum absolute atomic E-state index is 0.160. The number of aryl methyl sites for hydroxylation is 1. The van der Waals surface area contributed by atoms with Gasteiger partial charge in [-0.15, -0.1) is 0 Å². The van der Waals surface area contributed by atoms with Gasteiger partial charge in [0, 0.05) is 11.6 Å². The van der Waals surface area contributed by atoms with E-state index < -0.39 is 0 Å². The van der Waals surface area contributed by atoms with E-state index >= 15 is 0 Å². The molecule has 1 amide bonds. The molecule has 0 fully saturated rings. The van der Waals surface area contributed by atoms with Crippen molar-refractivity contribution in [2.24, 2.45) is 0 Å². The van der Waals surface area contributed by atoms with E-state index in [1.807, 2.05) is 0 Å². The van der Waals surface area contributed by atoms with Crippen LogP contribution >= 0.6 is 11.6 Å². The Labute approximate surface area is 163 Å². The van der Waals surface area contributed by atoms with Crippen LogP contribution in [-0.2, 0) is 6.54 Å². The van der Waals surface area contributed by atoms with Crippen LogP contribution in [0.25, 0.3) is 22.1 Å². The number of nitrogens with one attached hydrogen (secondary N) is 1. The number of benzene rings is 2. The van der Waals surface area contributed by atoms with Crippen LogP contribution in [0.2, 0.25) is 5.02 Å². The number of carbonyl (C=O) groups is 1. The lowest BCUT2D eigenvalue weighted by atomic mass is 10.1. The number of amides is 1. The maximum Gasteiger partial charge on any atom is 0.253 e. The number of aromatic nitrogens is 1. The molecule has 0 spiro atoms. The van der Waals surface area contributed by atoms with Crippen molar-refractivity contribution < 1.29 is 13.6 Å². The number of fused-ring (bicyclic) bond motifs is 2. The topological polar surface area (TPSA) is 72.2 Å². The van der Waals surface area contributed by atoms with Gasteiger partial charge in [-0.3, -0.25) is 9.59 Å². The number of pyridine rings is 1. The molecule has 0 aliphatic heterocycles. The van der Waals surface area contributed by atoms with Crippen molar-refractivity contribution in [1.29, 1.82) is 0 Å². The lowest BCUT2D eigenvalue weighted by molar-refractivity contribution is 0.0950. The van der Waals surface area contributed by atoms with E-state index in [0.717, 1.165) is 5.56 Å². The lowest BCUT2D eigenvalue weighted by Gasteiger charge is -2.09. The van der Waals surface area contributed by atoms with E-state index in [0.29, 0.717) is 21.7 Å². The first kappa shape index (κ1) is 18.1. The summed E-state index contributed by atoms with van der Waals surface area (Å²) < 4.78 is 18.7. The van der Waals surface area contributed by atoms with Gasteiger partial charge < -0.3 is 9.73 Å². The molecule has 0 saturated carbocycles. The molecule has 1 N–H and O–H groups in total. The van der Waals surface area contributed by atoms with Gasteiger partial charge in [0.15, 0.2) is 0 Å². The Morgan fingerprint density at radius 3 is 2.64 bits per heavy atom. The maximum atomic E-state index is 13.0. The molecule has 0 saturated heterocycles. The summed E-state index contributed by atoms with van der Waals surface area (Å²) in [5.41, 5.74) is 1.68. The summed E-state index contributed by atoms with van der Waals surface area (Å²) in [6, 6.07) is 12.1. The molecule has 2 aromatic carbocycles.